The highest BCUT2D eigenvalue weighted by Gasteiger charge is 2.34. The maximum Gasteiger partial charge on any atom is 0.410 e. The van der Waals surface area contributed by atoms with Crippen LogP contribution in [0.2, 0.25) is 0 Å². The van der Waals surface area contributed by atoms with Crippen LogP contribution in [0.3, 0.4) is 0 Å². The summed E-state index contributed by atoms with van der Waals surface area (Å²) >= 11 is 0. The summed E-state index contributed by atoms with van der Waals surface area (Å²) in [5.74, 6) is 0. The number of amides is 1. The summed E-state index contributed by atoms with van der Waals surface area (Å²) in [4.78, 5) is 14.1. The SMILES string of the molecule is C/C=C/C1(OC(=O)N2CCCCC2)CCCCC1. The van der Waals surface area contributed by atoms with Gasteiger partial charge in [0.15, 0.2) is 0 Å². The molecule has 102 valence electrons. The lowest BCUT2D eigenvalue weighted by Gasteiger charge is -2.37. The van der Waals surface area contributed by atoms with E-state index in [1.807, 2.05) is 17.9 Å². The maximum absolute atomic E-state index is 12.2. The number of rotatable bonds is 2. The number of allylic oxidation sites excluding steroid dienone is 1. The van der Waals surface area contributed by atoms with Gasteiger partial charge in [-0.05, 0) is 57.9 Å². The van der Waals surface area contributed by atoms with Crippen LogP contribution in [-0.2, 0) is 4.74 Å². The molecule has 1 saturated carbocycles. The zero-order valence-corrected chi connectivity index (χ0v) is 11.5. The number of carbonyl (C=O) groups excluding carboxylic acids is 1. The molecule has 0 aromatic heterocycles. The van der Waals surface area contributed by atoms with E-state index in [9.17, 15) is 4.79 Å². The molecule has 1 amide bonds. The predicted molar refractivity (Wildman–Crippen MR) is 72.5 cm³/mol. The van der Waals surface area contributed by atoms with Crippen molar-refractivity contribution in [2.75, 3.05) is 13.1 Å². The smallest absolute Gasteiger partial charge is 0.410 e. The Morgan fingerprint density at radius 2 is 1.67 bits per heavy atom. The summed E-state index contributed by atoms with van der Waals surface area (Å²) in [5, 5.41) is 0. The fourth-order valence-electron chi connectivity index (χ4n) is 3.07. The van der Waals surface area contributed by atoms with Crippen molar-refractivity contribution >= 4 is 6.09 Å². The van der Waals surface area contributed by atoms with Crippen LogP contribution in [0.1, 0.15) is 58.3 Å². The van der Waals surface area contributed by atoms with E-state index in [-0.39, 0.29) is 11.7 Å². The molecular formula is C15H25NO2. The Balaban J connectivity index is 1.97. The predicted octanol–water partition coefficient (Wildman–Crippen LogP) is 3.89. The van der Waals surface area contributed by atoms with E-state index in [1.165, 1.54) is 12.8 Å². The van der Waals surface area contributed by atoms with Crippen LogP contribution in [-0.4, -0.2) is 29.7 Å². The van der Waals surface area contributed by atoms with Gasteiger partial charge >= 0.3 is 6.09 Å². The average Bonchev–Trinajstić information content (AvgIpc) is 2.41. The number of piperidine rings is 1. The van der Waals surface area contributed by atoms with E-state index in [4.69, 9.17) is 4.74 Å². The fourth-order valence-corrected chi connectivity index (χ4v) is 3.07. The normalized spacial score (nSPS) is 24.2. The Bertz CT molecular complexity index is 300. The summed E-state index contributed by atoms with van der Waals surface area (Å²) in [6, 6.07) is 0. The third-order valence-electron chi connectivity index (χ3n) is 4.08. The maximum atomic E-state index is 12.2. The van der Waals surface area contributed by atoms with Crippen LogP contribution in [0.25, 0.3) is 0 Å². The number of hydrogen-bond acceptors (Lipinski definition) is 2. The molecule has 0 N–H and O–H groups in total. The molecule has 2 fully saturated rings. The number of hydrogen-bond donors (Lipinski definition) is 0. The Labute approximate surface area is 110 Å². The first-order valence-electron chi connectivity index (χ1n) is 7.37. The number of nitrogens with zero attached hydrogens (tertiary/aromatic N) is 1. The Hall–Kier alpha value is -0.990. The van der Waals surface area contributed by atoms with Crippen molar-refractivity contribution in [3.63, 3.8) is 0 Å². The topological polar surface area (TPSA) is 29.5 Å². The van der Waals surface area contributed by atoms with Gasteiger partial charge < -0.3 is 9.64 Å². The molecule has 18 heavy (non-hydrogen) atoms. The van der Waals surface area contributed by atoms with Crippen LogP contribution < -0.4 is 0 Å². The van der Waals surface area contributed by atoms with Crippen molar-refractivity contribution in [2.24, 2.45) is 0 Å². The van der Waals surface area contributed by atoms with E-state index in [1.54, 1.807) is 0 Å². The largest absolute Gasteiger partial charge is 0.439 e. The second-order valence-corrected chi connectivity index (χ2v) is 5.54. The molecule has 3 heteroatoms. The first-order chi connectivity index (χ1) is 8.76. The highest BCUT2D eigenvalue weighted by Crippen LogP contribution is 2.33. The average molecular weight is 251 g/mol. The van der Waals surface area contributed by atoms with Crippen molar-refractivity contribution in [1.29, 1.82) is 0 Å². The highest BCUT2D eigenvalue weighted by molar-refractivity contribution is 5.68. The van der Waals surface area contributed by atoms with Gasteiger partial charge in [-0.25, -0.2) is 4.79 Å². The van der Waals surface area contributed by atoms with Crippen LogP contribution in [0.4, 0.5) is 4.79 Å². The van der Waals surface area contributed by atoms with Gasteiger partial charge in [0, 0.05) is 13.1 Å². The molecule has 3 nitrogen and oxygen atoms in total. The third-order valence-corrected chi connectivity index (χ3v) is 4.08. The lowest BCUT2D eigenvalue weighted by Crippen LogP contribution is -2.43. The number of ether oxygens (including phenoxy) is 1. The second-order valence-electron chi connectivity index (χ2n) is 5.54. The lowest BCUT2D eigenvalue weighted by atomic mass is 9.84. The quantitative estimate of drug-likeness (QED) is 0.697. The van der Waals surface area contributed by atoms with Gasteiger partial charge in [-0.1, -0.05) is 12.5 Å². The molecule has 1 aliphatic heterocycles. The van der Waals surface area contributed by atoms with Crippen molar-refractivity contribution < 1.29 is 9.53 Å². The van der Waals surface area contributed by atoms with Crippen LogP contribution in [0, 0.1) is 0 Å². The molecule has 0 spiro atoms. The van der Waals surface area contributed by atoms with Gasteiger partial charge in [0.2, 0.25) is 0 Å². The second kappa shape index (κ2) is 6.26. The number of likely N-dealkylation sites (tertiary alicyclic amines) is 1. The zero-order valence-electron chi connectivity index (χ0n) is 11.5. The standard InChI is InChI=1S/C15H25NO2/c1-2-9-15(10-5-3-6-11-15)18-14(17)16-12-7-4-8-13-16/h2,9H,3-8,10-13H2,1H3/b9-2+. The number of carbonyl (C=O) groups is 1. The minimum Gasteiger partial charge on any atom is -0.439 e. The van der Waals surface area contributed by atoms with Crippen molar-refractivity contribution in [3.05, 3.63) is 12.2 Å². The third kappa shape index (κ3) is 3.27. The molecule has 2 rings (SSSR count). The molecule has 0 aromatic rings. The minimum absolute atomic E-state index is 0.102. The Morgan fingerprint density at radius 1 is 1.06 bits per heavy atom. The van der Waals surface area contributed by atoms with E-state index in [0.29, 0.717) is 0 Å². The van der Waals surface area contributed by atoms with Gasteiger partial charge in [0.05, 0.1) is 0 Å². The Morgan fingerprint density at radius 3 is 2.28 bits per heavy atom. The van der Waals surface area contributed by atoms with Crippen molar-refractivity contribution in [2.45, 2.75) is 63.9 Å². The first-order valence-corrected chi connectivity index (χ1v) is 7.37. The molecule has 0 bridgehead atoms. The summed E-state index contributed by atoms with van der Waals surface area (Å²) in [6.45, 7) is 3.74. The van der Waals surface area contributed by atoms with E-state index >= 15 is 0 Å². The minimum atomic E-state index is -0.318. The molecule has 1 saturated heterocycles. The summed E-state index contributed by atoms with van der Waals surface area (Å²) < 4.78 is 5.86. The molecule has 0 unspecified atom stereocenters. The highest BCUT2D eigenvalue weighted by atomic mass is 16.6. The molecule has 2 aliphatic rings. The van der Waals surface area contributed by atoms with Gasteiger partial charge in [-0.3, -0.25) is 0 Å². The summed E-state index contributed by atoms with van der Waals surface area (Å²) in [7, 11) is 0. The summed E-state index contributed by atoms with van der Waals surface area (Å²) in [6.07, 6.45) is 13.0. The molecule has 0 radical (unpaired) electrons. The lowest BCUT2D eigenvalue weighted by molar-refractivity contribution is -0.00378. The zero-order chi connectivity index (χ0) is 12.8. The van der Waals surface area contributed by atoms with Gasteiger partial charge in [-0.15, -0.1) is 0 Å². The van der Waals surface area contributed by atoms with Gasteiger partial charge in [0.1, 0.15) is 5.60 Å². The monoisotopic (exact) mass is 251 g/mol. The van der Waals surface area contributed by atoms with Gasteiger partial charge in [-0.2, -0.15) is 0 Å². The van der Waals surface area contributed by atoms with E-state index in [2.05, 4.69) is 6.08 Å². The molecule has 0 atom stereocenters. The van der Waals surface area contributed by atoms with Crippen molar-refractivity contribution in [3.8, 4) is 0 Å². The first kappa shape index (κ1) is 13.4. The van der Waals surface area contributed by atoms with Crippen LogP contribution in [0.15, 0.2) is 12.2 Å². The van der Waals surface area contributed by atoms with Gasteiger partial charge in [0.25, 0.3) is 0 Å². The molecule has 1 heterocycles. The summed E-state index contributed by atoms with van der Waals surface area (Å²) in [5.41, 5.74) is -0.318. The van der Waals surface area contributed by atoms with Crippen LogP contribution >= 0.6 is 0 Å². The van der Waals surface area contributed by atoms with Crippen molar-refractivity contribution in [1.82, 2.24) is 4.90 Å². The van der Waals surface area contributed by atoms with E-state index in [0.717, 1.165) is 51.6 Å². The molecule has 0 aromatic carbocycles. The Kier molecular flexibility index (Phi) is 4.67. The van der Waals surface area contributed by atoms with Crippen LogP contribution in [0.5, 0.6) is 0 Å². The molecule has 1 aliphatic carbocycles. The fraction of sp³-hybridized carbons (Fsp3) is 0.800. The molecular weight excluding hydrogens is 226 g/mol. The van der Waals surface area contributed by atoms with E-state index < -0.39 is 0 Å².